The van der Waals surface area contributed by atoms with Crippen LogP contribution in [0.15, 0.2) is 21.1 Å². The monoisotopic (exact) mass is 414 g/mol. The third-order valence-corrected chi connectivity index (χ3v) is 5.97. The fourth-order valence-electron chi connectivity index (χ4n) is 2.54. The van der Waals surface area contributed by atoms with Crippen LogP contribution >= 0.6 is 31.9 Å². The van der Waals surface area contributed by atoms with Gasteiger partial charge < -0.3 is 5.11 Å². The van der Waals surface area contributed by atoms with Crippen LogP contribution in [-0.2, 0) is 13.0 Å². The molecule has 0 radical (unpaired) electrons. The zero-order valence-electron chi connectivity index (χ0n) is 12.7. The van der Waals surface area contributed by atoms with E-state index in [-0.39, 0.29) is 0 Å². The van der Waals surface area contributed by atoms with Crippen LogP contribution in [-0.4, -0.2) is 14.9 Å². The van der Waals surface area contributed by atoms with Gasteiger partial charge in [0.25, 0.3) is 0 Å². The second kappa shape index (κ2) is 6.63. The predicted octanol–water partition coefficient (Wildman–Crippen LogP) is 4.63. The van der Waals surface area contributed by atoms with Crippen LogP contribution in [0.1, 0.15) is 41.1 Å². The van der Waals surface area contributed by atoms with E-state index < -0.39 is 6.10 Å². The van der Waals surface area contributed by atoms with E-state index in [1.54, 1.807) is 0 Å². The molecule has 0 saturated carbocycles. The van der Waals surface area contributed by atoms with Gasteiger partial charge in [0, 0.05) is 17.4 Å². The number of rotatable bonds is 4. The summed E-state index contributed by atoms with van der Waals surface area (Å²) in [6.07, 6.45) is 0.0173. The molecule has 0 bridgehead atoms. The average Bonchev–Trinajstić information content (AvgIpc) is 2.71. The number of aryl methyl sites for hydroxylation is 4. The Morgan fingerprint density at radius 3 is 2.24 bits per heavy atom. The summed E-state index contributed by atoms with van der Waals surface area (Å²) < 4.78 is 4.05. The van der Waals surface area contributed by atoms with Crippen molar-refractivity contribution in [2.45, 2.75) is 46.8 Å². The topological polar surface area (TPSA) is 38.0 Å². The third-order valence-electron chi connectivity index (χ3n) is 3.68. The Hall–Kier alpha value is -0.650. The van der Waals surface area contributed by atoms with Crippen molar-refractivity contribution >= 4 is 31.9 Å². The van der Waals surface area contributed by atoms with Crippen LogP contribution in [0.3, 0.4) is 0 Å². The summed E-state index contributed by atoms with van der Waals surface area (Å²) in [5.74, 6) is 0. The fraction of sp³-hybridized carbons (Fsp3) is 0.438. The molecule has 0 aliphatic carbocycles. The maximum atomic E-state index is 10.6. The lowest BCUT2D eigenvalue weighted by Crippen LogP contribution is -2.09. The minimum atomic E-state index is -0.534. The van der Waals surface area contributed by atoms with Crippen LogP contribution in [0.5, 0.6) is 0 Å². The predicted molar refractivity (Wildman–Crippen MR) is 92.6 cm³/mol. The number of hydrogen-bond acceptors (Lipinski definition) is 2. The second-order valence-corrected chi connectivity index (χ2v) is 6.94. The van der Waals surface area contributed by atoms with E-state index in [9.17, 15) is 5.11 Å². The van der Waals surface area contributed by atoms with Crippen molar-refractivity contribution in [3.63, 3.8) is 0 Å². The number of aliphatic hydroxyl groups excluding tert-OH is 1. The molecule has 0 saturated heterocycles. The first-order valence-corrected chi connectivity index (χ1v) is 8.60. The first-order chi connectivity index (χ1) is 9.85. The summed E-state index contributed by atoms with van der Waals surface area (Å²) >= 11 is 7.15. The van der Waals surface area contributed by atoms with Gasteiger partial charge in [-0.2, -0.15) is 5.10 Å². The number of aliphatic hydroxyl groups is 1. The largest absolute Gasteiger partial charge is 0.388 e. The molecule has 21 heavy (non-hydrogen) atoms. The van der Waals surface area contributed by atoms with Gasteiger partial charge in [0.15, 0.2) is 0 Å². The van der Waals surface area contributed by atoms with Gasteiger partial charge in [-0.1, -0.05) is 28.1 Å². The molecule has 0 spiro atoms. The molecule has 1 atom stereocenters. The number of benzene rings is 1. The van der Waals surface area contributed by atoms with Crippen molar-refractivity contribution in [2.75, 3.05) is 0 Å². The Balaban J connectivity index is 2.32. The molecule has 3 nitrogen and oxygen atoms in total. The number of aromatic nitrogens is 2. The highest BCUT2D eigenvalue weighted by atomic mass is 79.9. The van der Waals surface area contributed by atoms with Crippen molar-refractivity contribution < 1.29 is 5.11 Å². The number of halogens is 2. The quantitative estimate of drug-likeness (QED) is 0.790. The van der Waals surface area contributed by atoms with Crippen molar-refractivity contribution in [3.05, 3.63) is 49.2 Å². The molecule has 1 aromatic carbocycles. The number of hydrogen-bond donors (Lipinski definition) is 1. The van der Waals surface area contributed by atoms with Gasteiger partial charge in [0.2, 0.25) is 0 Å². The Morgan fingerprint density at radius 1 is 1.14 bits per heavy atom. The Kier molecular flexibility index (Phi) is 5.28. The van der Waals surface area contributed by atoms with E-state index in [4.69, 9.17) is 0 Å². The van der Waals surface area contributed by atoms with Crippen LogP contribution in [0.2, 0.25) is 0 Å². The molecule has 1 unspecified atom stereocenters. The molecule has 1 aromatic heterocycles. The van der Waals surface area contributed by atoms with E-state index in [2.05, 4.69) is 43.9 Å². The third kappa shape index (κ3) is 3.41. The Labute approximate surface area is 142 Å². The molecular formula is C16H20Br2N2O. The fourth-order valence-corrected chi connectivity index (χ4v) is 3.21. The molecule has 0 fully saturated rings. The van der Waals surface area contributed by atoms with Gasteiger partial charge >= 0.3 is 0 Å². The van der Waals surface area contributed by atoms with Crippen LogP contribution < -0.4 is 0 Å². The lowest BCUT2D eigenvalue weighted by atomic mass is 10.00. The van der Waals surface area contributed by atoms with E-state index >= 15 is 0 Å². The zero-order chi connectivity index (χ0) is 15.7. The number of nitrogens with zero attached hydrogens (tertiary/aromatic N) is 2. The summed E-state index contributed by atoms with van der Waals surface area (Å²) in [6.45, 7) is 8.92. The maximum Gasteiger partial charge on any atom is 0.0845 e. The maximum absolute atomic E-state index is 10.6. The summed E-state index contributed by atoms with van der Waals surface area (Å²) in [4.78, 5) is 0. The molecule has 2 rings (SSSR count). The molecule has 0 aliphatic rings. The first-order valence-electron chi connectivity index (χ1n) is 7.01. The smallest absolute Gasteiger partial charge is 0.0845 e. The molecule has 0 amide bonds. The lowest BCUT2D eigenvalue weighted by molar-refractivity contribution is 0.175. The molecule has 1 N–H and O–H groups in total. The van der Waals surface area contributed by atoms with Crippen LogP contribution in [0.4, 0.5) is 0 Å². The molecule has 1 heterocycles. The minimum Gasteiger partial charge on any atom is -0.388 e. The van der Waals surface area contributed by atoms with Gasteiger partial charge in [-0.25, -0.2) is 0 Å². The van der Waals surface area contributed by atoms with Crippen molar-refractivity contribution in [2.24, 2.45) is 0 Å². The average molecular weight is 416 g/mol. The molecule has 114 valence electrons. The summed E-state index contributed by atoms with van der Waals surface area (Å²) in [5, 5.41) is 15.1. The van der Waals surface area contributed by atoms with E-state index in [1.807, 2.05) is 37.6 Å². The zero-order valence-corrected chi connectivity index (χ0v) is 15.9. The van der Waals surface area contributed by atoms with Crippen molar-refractivity contribution in [1.82, 2.24) is 9.78 Å². The van der Waals surface area contributed by atoms with Crippen LogP contribution in [0, 0.1) is 20.8 Å². The first kappa shape index (κ1) is 16.7. The van der Waals surface area contributed by atoms with Gasteiger partial charge in [0.05, 0.1) is 22.0 Å². The van der Waals surface area contributed by atoms with Crippen molar-refractivity contribution in [1.29, 1.82) is 0 Å². The van der Waals surface area contributed by atoms with E-state index in [0.717, 1.165) is 43.6 Å². The van der Waals surface area contributed by atoms with Crippen LogP contribution in [0.25, 0.3) is 0 Å². The van der Waals surface area contributed by atoms with E-state index in [0.29, 0.717) is 6.42 Å². The summed E-state index contributed by atoms with van der Waals surface area (Å²) in [6, 6.07) is 4.07. The van der Waals surface area contributed by atoms with Gasteiger partial charge in [-0.05, 0) is 60.3 Å². The highest BCUT2D eigenvalue weighted by Gasteiger charge is 2.18. The molecule has 5 heteroatoms. The van der Waals surface area contributed by atoms with Gasteiger partial charge in [-0.3, -0.25) is 4.68 Å². The highest BCUT2D eigenvalue weighted by Crippen LogP contribution is 2.30. The normalized spacial score (nSPS) is 12.7. The molecular weight excluding hydrogens is 396 g/mol. The second-order valence-electron chi connectivity index (χ2n) is 5.35. The summed E-state index contributed by atoms with van der Waals surface area (Å²) in [7, 11) is 0. The Morgan fingerprint density at radius 2 is 1.71 bits per heavy atom. The lowest BCUT2D eigenvalue weighted by Gasteiger charge is -2.15. The molecule has 2 aromatic rings. The molecule has 0 aliphatic heterocycles. The highest BCUT2D eigenvalue weighted by molar-refractivity contribution is 9.10. The van der Waals surface area contributed by atoms with Gasteiger partial charge in [-0.15, -0.1) is 0 Å². The van der Waals surface area contributed by atoms with Gasteiger partial charge in [0.1, 0.15) is 0 Å². The van der Waals surface area contributed by atoms with E-state index in [1.165, 1.54) is 0 Å². The SMILES string of the molecule is CCn1nc(C)c(Br)c1CC(O)c1cc(C)c(Br)c(C)c1. The summed E-state index contributed by atoms with van der Waals surface area (Å²) in [5.41, 5.74) is 5.23. The minimum absolute atomic E-state index is 0.534. The Bertz CT molecular complexity index is 642. The van der Waals surface area contributed by atoms with Crippen molar-refractivity contribution in [3.8, 4) is 0 Å². The standard InChI is InChI=1S/C16H20Br2N2O/c1-5-20-13(16(18)11(4)19-20)8-14(21)12-6-9(2)15(17)10(3)7-12/h6-7,14,21H,5,8H2,1-4H3.